The smallest absolute Gasteiger partial charge is 0.325 e. The predicted octanol–water partition coefficient (Wildman–Crippen LogP) is 1.92. The van der Waals surface area contributed by atoms with Crippen LogP contribution >= 0.6 is 0 Å². The number of aromatic nitrogens is 1. The van der Waals surface area contributed by atoms with Crippen LogP contribution in [-0.2, 0) is 16.1 Å². The van der Waals surface area contributed by atoms with Gasteiger partial charge in [0, 0.05) is 19.3 Å². The highest BCUT2D eigenvalue weighted by molar-refractivity contribution is 5.94. The minimum atomic E-state index is -0.393. The molecule has 0 saturated heterocycles. The van der Waals surface area contributed by atoms with Gasteiger partial charge in [-0.15, -0.1) is 0 Å². The van der Waals surface area contributed by atoms with E-state index in [9.17, 15) is 9.59 Å². The number of aryl methyl sites for hydroxylation is 1. The van der Waals surface area contributed by atoms with Crippen molar-refractivity contribution in [1.29, 1.82) is 0 Å². The maximum absolute atomic E-state index is 12.4. The molecular formula is C14H22N2O3. The van der Waals surface area contributed by atoms with Gasteiger partial charge in [0.2, 0.25) is 0 Å². The third-order valence-electron chi connectivity index (χ3n) is 2.84. The Bertz CT molecular complexity index is 426. The van der Waals surface area contributed by atoms with Crippen molar-refractivity contribution in [3.05, 3.63) is 24.0 Å². The third kappa shape index (κ3) is 4.12. The van der Waals surface area contributed by atoms with Gasteiger partial charge in [-0.1, -0.05) is 13.8 Å². The van der Waals surface area contributed by atoms with E-state index in [0.29, 0.717) is 12.2 Å². The van der Waals surface area contributed by atoms with Gasteiger partial charge in [0.05, 0.1) is 7.11 Å². The summed E-state index contributed by atoms with van der Waals surface area (Å²) in [5.74, 6) is -0.513. The average Bonchev–Trinajstić information content (AvgIpc) is 2.86. The van der Waals surface area contributed by atoms with Gasteiger partial charge in [-0.3, -0.25) is 9.59 Å². The van der Waals surface area contributed by atoms with Crippen LogP contribution in [0.2, 0.25) is 0 Å². The van der Waals surface area contributed by atoms with Crippen LogP contribution in [0.1, 0.15) is 37.2 Å². The first kappa shape index (κ1) is 15.3. The monoisotopic (exact) mass is 266 g/mol. The van der Waals surface area contributed by atoms with Gasteiger partial charge in [-0.2, -0.15) is 0 Å². The molecule has 5 heteroatoms. The lowest BCUT2D eigenvalue weighted by Crippen LogP contribution is -2.37. The van der Waals surface area contributed by atoms with Gasteiger partial charge in [0.15, 0.2) is 0 Å². The Balaban J connectivity index is 2.85. The van der Waals surface area contributed by atoms with Crippen molar-refractivity contribution in [2.24, 2.45) is 0 Å². The van der Waals surface area contributed by atoms with E-state index in [-0.39, 0.29) is 12.5 Å². The fraction of sp³-hybridized carbons (Fsp3) is 0.571. The molecule has 0 N–H and O–H groups in total. The maximum Gasteiger partial charge on any atom is 0.325 e. The Hall–Kier alpha value is -1.78. The molecule has 0 unspecified atom stereocenters. The first-order valence-corrected chi connectivity index (χ1v) is 6.65. The van der Waals surface area contributed by atoms with Crippen LogP contribution in [-0.4, -0.2) is 41.5 Å². The van der Waals surface area contributed by atoms with E-state index in [2.05, 4.69) is 11.7 Å². The topological polar surface area (TPSA) is 51.5 Å². The Labute approximate surface area is 114 Å². The third-order valence-corrected chi connectivity index (χ3v) is 2.84. The fourth-order valence-corrected chi connectivity index (χ4v) is 1.95. The highest BCUT2D eigenvalue weighted by Gasteiger charge is 2.20. The van der Waals surface area contributed by atoms with E-state index in [1.165, 1.54) is 12.0 Å². The molecule has 106 valence electrons. The summed E-state index contributed by atoms with van der Waals surface area (Å²) >= 11 is 0. The van der Waals surface area contributed by atoms with Gasteiger partial charge in [-0.05, 0) is 25.0 Å². The molecule has 1 rings (SSSR count). The molecule has 0 aliphatic rings. The van der Waals surface area contributed by atoms with Gasteiger partial charge in [-0.25, -0.2) is 0 Å². The van der Waals surface area contributed by atoms with Gasteiger partial charge in [0.25, 0.3) is 5.91 Å². The van der Waals surface area contributed by atoms with Crippen molar-refractivity contribution in [2.45, 2.75) is 33.2 Å². The minimum absolute atomic E-state index is 0.000475. The minimum Gasteiger partial charge on any atom is -0.468 e. The molecule has 0 saturated carbocycles. The van der Waals surface area contributed by atoms with Crippen molar-refractivity contribution >= 4 is 11.9 Å². The summed E-state index contributed by atoms with van der Waals surface area (Å²) in [6.07, 6.45) is 3.65. The van der Waals surface area contributed by atoms with Gasteiger partial charge in [0.1, 0.15) is 12.2 Å². The molecule has 0 aliphatic carbocycles. The van der Waals surface area contributed by atoms with Crippen molar-refractivity contribution in [1.82, 2.24) is 9.47 Å². The lowest BCUT2D eigenvalue weighted by molar-refractivity contribution is -0.141. The van der Waals surface area contributed by atoms with Crippen LogP contribution in [0.15, 0.2) is 18.3 Å². The molecule has 1 heterocycles. The number of rotatable bonds is 7. The summed E-state index contributed by atoms with van der Waals surface area (Å²) in [6.45, 7) is 5.38. The Morgan fingerprint density at radius 3 is 2.63 bits per heavy atom. The summed E-state index contributed by atoms with van der Waals surface area (Å²) < 4.78 is 6.55. The maximum atomic E-state index is 12.4. The molecule has 19 heavy (non-hydrogen) atoms. The van der Waals surface area contributed by atoms with Crippen LogP contribution in [0, 0.1) is 0 Å². The molecular weight excluding hydrogens is 244 g/mol. The molecule has 0 spiro atoms. The van der Waals surface area contributed by atoms with E-state index in [4.69, 9.17) is 0 Å². The summed E-state index contributed by atoms with van der Waals surface area (Å²) in [5, 5.41) is 0. The highest BCUT2D eigenvalue weighted by Crippen LogP contribution is 2.09. The first-order valence-electron chi connectivity index (χ1n) is 6.65. The molecule has 0 aliphatic heterocycles. The number of methoxy groups -OCH3 is 1. The Morgan fingerprint density at radius 2 is 2.05 bits per heavy atom. The average molecular weight is 266 g/mol. The van der Waals surface area contributed by atoms with Crippen molar-refractivity contribution in [3.63, 3.8) is 0 Å². The summed E-state index contributed by atoms with van der Waals surface area (Å²) in [4.78, 5) is 25.3. The molecule has 0 bridgehead atoms. The number of esters is 1. The van der Waals surface area contributed by atoms with E-state index < -0.39 is 5.97 Å². The molecule has 0 fully saturated rings. The summed E-state index contributed by atoms with van der Waals surface area (Å²) in [7, 11) is 1.33. The largest absolute Gasteiger partial charge is 0.468 e. The fourth-order valence-electron chi connectivity index (χ4n) is 1.95. The lowest BCUT2D eigenvalue weighted by atomic mass is 10.3. The zero-order chi connectivity index (χ0) is 14.3. The first-order chi connectivity index (χ1) is 9.13. The molecule has 0 aromatic carbocycles. The predicted molar refractivity (Wildman–Crippen MR) is 72.9 cm³/mol. The van der Waals surface area contributed by atoms with E-state index in [0.717, 1.165) is 19.4 Å². The second-order valence-corrected chi connectivity index (χ2v) is 4.39. The number of hydrogen-bond donors (Lipinski definition) is 0. The summed E-state index contributed by atoms with van der Waals surface area (Å²) in [5.41, 5.74) is 0.624. The van der Waals surface area contributed by atoms with E-state index >= 15 is 0 Å². The molecule has 1 aromatic rings. The van der Waals surface area contributed by atoms with Crippen LogP contribution in [0.25, 0.3) is 0 Å². The number of ether oxygens (including phenoxy) is 1. The van der Waals surface area contributed by atoms with E-state index in [1.807, 2.05) is 23.8 Å². The van der Waals surface area contributed by atoms with Gasteiger partial charge < -0.3 is 14.2 Å². The quantitative estimate of drug-likeness (QED) is 0.708. The second-order valence-electron chi connectivity index (χ2n) is 4.39. The molecule has 1 aromatic heterocycles. The van der Waals surface area contributed by atoms with Crippen LogP contribution < -0.4 is 0 Å². The normalized spacial score (nSPS) is 10.3. The Kier molecular flexibility index (Phi) is 6.12. The summed E-state index contributed by atoms with van der Waals surface area (Å²) in [6, 6.07) is 3.64. The Morgan fingerprint density at radius 1 is 1.32 bits per heavy atom. The SMILES string of the molecule is CCCN(CC(=O)OC)C(=O)c1cccn1CCC. The highest BCUT2D eigenvalue weighted by atomic mass is 16.5. The van der Waals surface area contributed by atoms with Crippen LogP contribution in [0.4, 0.5) is 0 Å². The van der Waals surface area contributed by atoms with Crippen molar-refractivity contribution in [2.75, 3.05) is 20.2 Å². The zero-order valence-corrected chi connectivity index (χ0v) is 11.9. The van der Waals surface area contributed by atoms with Gasteiger partial charge >= 0.3 is 5.97 Å². The second kappa shape index (κ2) is 7.61. The molecule has 5 nitrogen and oxygen atoms in total. The standard InChI is InChI=1S/C14H22N2O3/c1-4-8-15-10-6-7-12(15)14(18)16(9-5-2)11-13(17)19-3/h6-7,10H,4-5,8-9,11H2,1-3H3. The lowest BCUT2D eigenvalue weighted by Gasteiger charge is -2.21. The van der Waals surface area contributed by atoms with Crippen molar-refractivity contribution in [3.8, 4) is 0 Å². The number of carbonyl (C=O) groups excluding carboxylic acids is 2. The number of amides is 1. The number of nitrogens with zero attached hydrogens (tertiary/aromatic N) is 2. The molecule has 0 atom stereocenters. The zero-order valence-electron chi connectivity index (χ0n) is 11.9. The number of carbonyl (C=O) groups is 2. The van der Waals surface area contributed by atoms with Crippen LogP contribution in [0.5, 0.6) is 0 Å². The number of hydrogen-bond acceptors (Lipinski definition) is 3. The molecule has 1 amide bonds. The van der Waals surface area contributed by atoms with Crippen LogP contribution in [0.3, 0.4) is 0 Å². The molecule has 0 radical (unpaired) electrons. The van der Waals surface area contributed by atoms with Crippen molar-refractivity contribution < 1.29 is 14.3 Å². The van der Waals surface area contributed by atoms with E-state index in [1.54, 1.807) is 6.07 Å².